The molecular weight excluding hydrogens is 218 g/mol. The SMILES string of the molecule is CCOCCN(C)CCSc1ccccc1. The van der Waals surface area contributed by atoms with Crippen LogP contribution < -0.4 is 0 Å². The van der Waals surface area contributed by atoms with Gasteiger partial charge in [0, 0.05) is 30.3 Å². The van der Waals surface area contributed by atoms with Crippen LogP contribution in [0.15, 0.2) is 35.2 Å². The summed E-state index contributed by atoms with van der Waals surface area (Å²) in [6, 6.07) is 10.5. The molecule has 2 nitrogen and oxygen atoms in total. The second-order valence-electron chi connectivity index (χ2n) is 3.66. The van der Waals surface area contributed by atoms with Gasteiger partial charge in [0.15, 0.2) is 0 Å². The van der Waals surface area contributed by atoms with E-state index in [4.69, 9.17) is 4.74 Å². The summed E-state index contributed by atoms with van der Waals surface area (Å²) in [5.74, 6) is 1.13. The Morgan fingerprint density at radius 2 is 1.94 bits per heavy atom. The molecule has 0 unspecified atom stereocenters. The van der Waals surface area contributed by atoms with Gasteiger partial charge in [0.05, 0.1) is 6.61 Å². The fourth-order valence-corrected chi connectivity index (χ4v) is 2.30. The van der Waals surface area contributed by atoms with Crippen LogP contribution in [0.2, 0.25) is 0 Å². The standard InChI is InChI=1S/C13H21NOS/c1-3-15-11-9-14(2)10-12-16-13-7-5-4-6-8-13/h4-8H,3,9-12H2,1-2H3. The first-order valence-electron chi connectivity index (χ1n) is 5.77. The minimum atomic E-state index is 0.812. The van der Waals surface area contributed by atoms with Crippen molar-refractivity contribution in [2.75, 3.05) is 39.1 Å². The molecule has 0 amide bonds. The monoisotopic (exact) mass is 239 g/mol. The van der Waals surface area contributed by atoms with Gasteiger partial charge in [-0.1, -0.05) is 18.2 Å². The van der Waals surface area contributed by atoms with Crippen molar-refractivity contribution in [2.45, 2.75) is 11.8 Å². The number of thioether (sulfide) groups is 1. The molecule has 0 N–H and O–H groups in total. The molecule has 0 heterocycles. The van der Waals surface area contributed by atoms with Crippen LogP contribution in [0.5, 0.6) is 0 Å². The zero-order valence-electron chi connectivity index (χ0n) is 10.2. The van der Waals surface area contributed by atoms with E-state index < -0.39 is 0 Å². The van der Waals surface area contributed by atoms with Crippen LogP contribution in [0.3, 0.4) is 0 Å². The highest BCUT2D eigenvalue weighted by molar-refractivity contribution is 7.99. The third kappa shape index (κ3) is 6.16. The second-order valence-corrected chi connectivity index (χ2v) is 4.83. The Morgan fingerprint density at radius 3 is 2.62 bits per heavy atom. The van der Waals surface area contributed by atoms with Crippen LogP contribution in [0.25, 0.3) is 0 Å². The molecule has 1 aromatic rings. The van der Waals surface area contributed by atoms with Gasteiger partial charge in [0.2, 0.25) is 0 Å². The molecule has 0 saturated heterocycles. The van der Waals surface area contributed by atoms with Crippen molar-refractivity contribution in [1.82, 2.24) is 4.90 Å². The van der Waals surface area contributed by atoms with Crippen molar-refractivity contribution in [3.63, 3.8) is 0 Å². The highest BCUT2D eigenvalue weighted by Crippen LogP contribution is 2.16. The summed E-state index contributed by atoms with van der Waals surface area (Å²) in [5.41, 5.74) is 0. The zero-order valence-corrected chi connectivity index (χ0v) is 11.0. The molecule has 0 radical (unpaired) electrons. The summed E-state index contributed by atoms with van der Waals surface area (Å²) in [4.78, 5) is 3.66. The lowest BCUT2D eigenvalue weighted by molar-refractivity contribution is 0.124. The summed E-state index contributed by atoms with van der Waals surface area (Å²) in [5, 5.41) is 0. The summed E-state index contributed by atoms with van der Waals surface area (Å²) >= 11 is 1.91. The maximum atomic E-state index is 5.32. The number of benzene rings is 1. The molecule has 16 heavy (non-hydrogen) atoms. The molecule has 0 aliphatic heterocycles. The van der Waals surface area contributed by atoms with Crippen molar-refractivity contribution in [2.24, 2.45) is 0 Å². The molecule has 90 valence electrons. The molecule has 0 aromatic heterocycles. The average molecular weight is 239 g/mol. The molecular formula is C13H21NOS. The van der Waals surface area contributed by atoms with Crippen LogP contribution in [0.4, 0.5) is 0 Å². The van der Waals surface area contributed by atoms with Crippen molar-refractivity contribution in [3.05, 3.63) is 30.3 Å². The number of hydrogen-bond donors (Lipinski definition) is 0. The van der Waals surface area contributed by atoms with Crippen molar-refractivity contribution in [3.8, 4) is 0 Å². The number of nitrogens with zero attached hydrogens (tertiary/aromatic N) is 1. The van der Waals surface area contributed by atoms with E-state index in [0.29, 0.717) is 0 Å². The van der Waals surface area contributed by atoms with E-state index in [1.807, 2.05) is 18.7 Å². The van der Waals surface area contributed by atoms with Gasteiger partial charge >= 0.3 is 0 Å². The van der Waals surface area contributed by atoms with E-state index in [1.165, 1.54) is 4.90 Å². The van der Waals surface area contributed by atoms with Gasteiger partial charge < -0.3 is 9.64 Å². The average Bonchev–Trinajstić information content (AvgIpc) is 2.31. The van der Waals surface area contributed by atoms with Crippen molar-refractivity contribution in [1.29, 1.82) is 0 Å². The van der Waals surface area contributed by atoms with Gasteiger partial charge in [-0.05, 0) is 26.1 Å². The van der Waals surface area contributed by atoms with E-state index in [-0.39, 0.29) is 0 Å². The highest BCUT2D eigenvalue weighted by Gasteiger charge is 1.98. The Balaban J connectivity index is 2.06. The third-order valence-electron chi connectivity index (χ3n) is 2.31. The molecule has 0 aliphatic rings. The first-order chi connectivity index (χ1) is 7.83. The first-order valence-corrected chi connectivity index (χ1v) is 6.75. The predicted octanol–water partition coefficient (Wildman–Crippen LogP) is 2.75. The van der Waals surface area contributed by atoms with E-state index in [9.17, 15) is 0 Å². The highest BCUT2D eigenvalue weighted by atomic mass is 32.2. The topological polar surface area (TPSA) is 12.5 Å². The maximum Gasteiger partial charge on any atom is 0.0593 e. The normalized spacial score (nSPS) is 10.9. The number of hydrogen-bond acceptors (Lipinski definition) is 3. The molecule has 0 saturated carbocycles. The molecule has 3 heteroatoms. The smallest absolute Gasteiger partial charge is 0.0593 e. The second kappa shape index (κ2) is 8.62. The Kier molecular flexibility index (Phi) is 7.30. The Hall–Kier alpha value is -0.510. The van der Waals surface area contributed by atoms with Gasteiger partial charge in [-0.25, -0.2) is 0 Å². The zero-order chi connectivity index (χ0) is 11.6. The molecule has 0 aliphatic carbocycles. The molecule has 1 rings (SSSR count). The summed E-state index contributed by atoms with van der Waals surface area (Å²) in [7, 11) is 2.14. The minimum absolute atomic E-state index is 0.812. The first kappa shape index (κ1) is 13.6. The van der Waals surface area contributed by atoms with Crippen molar-refractivity contribution < 1.29 is 4.74 Å². The van der Waals surface area contributed by atoms with Crippen LogP contribution in [-0.4, -0.2) is 44.0 Å². The Bertz CT molecular complexity index is 266. The number of rotatable bonds is 8. The molecule has 0 spiro atoms. The van der Waals surface area contributed by atoms with Crippen LogP contribution >= 0.6 is 11.8 Å². The Labute approximate surface area is 103 Å². The minimum Gasteiger partial charge on any atom is -0.380 e. The van der Waals surface area contributed by atoms with Gasteiger partial charge in [-0.2, -0.15) is 0 Å². The maximum absolute atomic E-state index is 5.32. The van der Waals surface area contributed by atoms with Crippen molar-refractivity contribution >= 4 is 11.8 Å². The third-order valence-corrected chi connectivity index (χ3v) is 3.30. The summed E-state index contributed by atoms with van der Waals surface area (Å²) in [6.45, 7) is 5.80. The van der Waals surface area contributed by atoms with Gasteiger partial charge in [0.25, 0.3) is 0 Å². The largest absolute Gasteiger partial charge is 0.380 e. The quantitative estimate of drug-likeness (QED) is 0.511. The van der Waals surface area contributed by atoms with Gasteiger partial charge in [-0.3, -0.25) is 0 Å². The van der Waals surface area contributed by atoms with Gasteiger partial charge in [-0.15, -0.1) is 11.8 Å². The lowest BCUT2D eigenvalue weighted by Crippen LogP contribution is -2.25. The van der Waals surface area contributed by atoms with Crippen LogP contribution in [0.1, 0.15) is 6.92 Å². The van der Waals surface area contributed by atoms with E-state index in [0.717, 1.165) is 32.1 Å². The van der Waals surface area contributed by atoms with E-state index >= 15 is 0 Å². The predicted molar refractivity (Wildman–Crippen MR) is 71.2 cm³/mol. The molecule has 0 bridgehead atoms. The van der Waals surface area contributed by atoms with E-state index in [2.05, 4.69) is 42.3 Å². The fraction of sp³-hybridized carbons (Fsp3) is 0.538. The summed E-state index contributed by atoms with van der Waals surface area (Å²) in [6.07, 6.45) is 0. The lowest BCUT2D eigenvalue weighted by Gasteiger charge is -2.15. The molecule has 0 fully saturated rings. The number of ether oxygens (including phenoxy) is 1. The van der Waals surface area contributed by atoms with E-state index in [1.54, 1.807) is 0 Å². The number of likely N-dealkylation sites (N-methyl/N-ethyl adjacent to an activating group) is 1. The lowest BCUT2D eigenvalue weighted by atomic mass is 10.4. The van der Waals surface area contributed by atoms with Gasteiger partial charge in [0.1, 0.15) is 0 Å². The summed E-state index contributed by atoms with van der Waals surface area (Å²) < 4.78 is 5.32. The van der Waals surface area contributed by atoms with Crippen LogP contribution in [0, 0.1) is 0 Å². The molecule has 1 aromatic carbocycles. The van der Waals surface area contributed by atoms with Crippen LogP contribution in [-0.2, 0) is 4.74 Å². The molecule has 0 atom stereocenters. The Morgan fingerprint density at radius 1 is 1.19 bits per heavy atom. The fourth-order valence-electron chi connectivity index (χ4n) is 1.31.